The lowest BCUT2D eigenvalue weighted by molar-refractivity contribution is 0.0991. The van der Waals surface area contributed by atoms with Crippen LogP contribution in [0.3, 0.4) is 0 Å². The second kappa shape index (κ2) is 5.74. The molecule has 1 heterocycles. The summed E-state index contributed by atoms with van der Waals surface area (Å²) >= 11 is 9.44. The van der Waals surface area contributed by atoms with Gasteiger partial charge in [0.05, 0.1) is 5.38 Å². The Labute approximate surface area is 132 Å². The summed E-state index contributed by atoms with van der Waals surface area (Å²) < 4.78 is 3.11. The van der Waals surface area contributed by atoms with Crippen molar-refractivity contribution in [2.45, 2.75) is 33.1 Å². The molecule has 0 spiro atoms. The van der Waals surface area contributed by atoms with Gasteiger partial charge in [0.1, 0.15) is 0 Å². The number of rotatable bonds is 3. The summed E-state index contributed by atoms with van der Waals surface area (Å²) in [5, 5.41) is -0.506. The monoisotopic (exact) mass is 353 g/mol. The van der Waals surface area contributed by atoms with Crippen LogP contribution in [0.4, 0.5) is 0 Å². The van der Waals surface area contributed by atoms with E-state index in [2.05, 4.69) is 39.6 Å². The van der Waals surface area contributed by atoms with E-state index in [0.717, 1.165) is 21.5 Å². The topological polar surface area (TPSA) is 22.0 Å². The van der Waals surface area contributed by atoms with Gasteiger partial charge >= 0.3 is 0 Å². The molecule has 1 atom stereocenters. The van der Waals surface area contributed by atoms with Crippen molar-refractivity contribution >= 4 is 33.3 Å². The number of aryl methyl sites for hydroxylation is 2. The number of nitrogens with zero attached hydrogens (tertiary/aromatic N) is 1. The first-order valence-electron chi connectivity index (χ1n) is 6.46. The van der Waals surface area contributed by atoms with E-state index in [0.29, 0.717) is 5.56 Å². The van der Waals surface area contributed by atoms with Crippen LogP contribution in [0.1, 0.15) is 34.2 Å². The van der Waals surface area contributed by atoms with Crippen LogP contribution in [0.25, 0.3) is 5.69 Å². The van der Waals surface area contributed by atoms with Crippen LogP contribution in [0, 0.1) is 20.8 Å². The molecule has 1 aromatic carbocycles. The van der Waals surface area contributed by atoms with Crippen LogP contribution >= 0.6 is 27.5 Å². The molecule has 0 aliphatic rings. The Balaban J connectivity index is 2.61. The number of carbonyl (C=O) groups excluding carboxylic acids is 1. The number of hydrogen-bond acceptors (Lipinski definition) is 1. The molecule has 2 nitrogen and oxygen atoms in total. The van der Waals surface area contributed by atoms with Crippen molar-refractivity contribution in [3.8, 4) is 5.69 Å². The van der Waals surface area contributed by atoms with Crippen molar-refractivity contribution in [3.05, 3.63) is 51.3 Å². The van der Waals surface area contributed by atoms with E-state index in [1.165, 1.54) is 5.56 Å². The van der Waals surface area contributed by atoms with E-state index in [-0.39, 0.29) is 5.78 Å². The highest BCUT2D eigenvalue weighted by Crippen LogP contribution is 2.25. The molecule has 0 amide bonds. The summed E-state index contributed by atoms with van der Waals surface area (Å²) in [6, 6.07) is 8.12. The molecule has 4 heteroatoms. The summed E-state index contributed by atoms with van der Waals surface area (Å²) in [6.45, 7) is 7.71. The van der Waals surface area contributed by atoms with E-state index >= 15 is 0 Å². The number of hydrogen-bond donors (Lipinski definition) is 0. The summed E-state index contributed by atoms with van der Waals surface area (Å²) in [6.07, 6.45) is 0. The van der Waals surface area contributed by atoms with Gasteiger partial charge in [-0.3, -0.25) is 4.79 Å². The van der Waals surface area contributed by atoms with Crippen molar-refractivity contribution in [3.63, 3.8) is 0 Å². The minimum atomic E-state index is -0.506. The van der Waals surface area contributed by atoms with Gasteiger partial charge in [0.25, 0.3) is 0 Å². The lowest BCUT2D eigenvalue weighted by atomic mass is 10.1. The fourth-order valence-corrected chi connectivity index (χ4v) is 3.18. The summed E-state index contributed by atoms with van der Waals surface area (Å²) in [5.74, 6) is -0.0299. The molecule has 0 saturated heterocycles. The summed E-state index contributed by atoms with van der Waals surface area (Å²) in [4.78, 5) is 12.1. The molecule has 0 aliphatic carbocycles. The van der Waals surface area contributed by atoms with Gasteiger partial charge < -0.3 is 4.57 Å². The number of ketones is 1. The van der Waals surface area contributed by atoms with Gasteiger partial charge in [0.2, 0.25) is 0 Å². The summed E-state index contributed by atoms with van der Waals surface area (Å²) in [7, 11) is 0. The molecular formula is C16H17BrClNO. The quantitative estimate of drug-likeness (QED) is 0.563. The Morgan fingerprint density at radius 3 is 2.40 bits per heavy atom. The summed E-state index contributed by atoms with van der Waals surface area (Å²) in [5.41, 5.74) is 4.87. The van der Waals surface area contributed by atoms with E-state index in [9.17, 15) is 4.79 Å². The van der Waals surface area contributed by atoms with Gasteiger partial charge in [-0.2, -0.15) is 0 Å². The lowest BCUT2D eigenvalue weighted by Crippen LogP contribution is -2.11. The molecule has 20 heavy (non-hydrogen) atoms. The molecule has 1 aromatic heterocycles. The Morgan fingerprint density at radius 1 is 1.20 bits per heavy atom. The zero-order valence-corrected chi connectivity index (χ0v) is 14.3. The van der Waals surface area contributed by atoms with Crippen LogP contribution in [0.2, 0.25) is 0 Å². The van der Waals surface area contributed by atoms with Gasteiger partial charge in [-0.25, -0.2) is 0 Å². The Hall–Kier alpha value is -1.06. The lowest BCUT2D eigenvalue weighted by Gasteiger charge is -2.12. The molecule has 0 radical (unpaired) electrons. The van der Waals surface area contributed by atoms with Crippen LogP contribution in [-0.4, -0.2) is 15.7 Å². The largest absolute Gasteiger partial charge is 0.318 e. The van der Waals surface area contributed by atoms with Crippen molar-refractivity contribution in [1.29, 1.82) is 0 Å². The number of benzene rings is 1. The fraction of sp³-hybridized carbons (Fsp3) is 0.312. The molecule has 0 saturated carbocycles. The third kappa shape index (κ3) is 2.84. The second-order valence-corrected chi connectivity index (χ2v) is 6.66. The molecule has 106 valence electrons. The first kappa shape index (κ1) is 15.3. The smallest absolute Gasteiger partial charge is 0.182 e. The van der Waals surface area contributed by atoms with Crippen LogP contribution in [0.5, 0.6) is 0 Å². The van der Waals surface area contributed by atoms with Crippen molar-refractivity contribution in [2.75, 3.05) is 0 Å². The third-order valence-electron chi connectivity index (χ3n) is 3.34. The molecular weight excluding hydrogens is 338 g/mol. The standard InChI is InChI=1S/C16H17BrClNO/c1-9-5-13(17)8-14(6-9)19-10(2)7-15(12(19)4)16(20)11(3)18/h5-8,11H,1-4H3. The van der Waals surface area contributed by atoms with Crippen LogP contribution in [0.15, 0.2) is 28.7 Å². The number of aromatic nitrogens is 1. The van der Waals surface area contributed by atoms with Crippen molar-refractivity contribution < 1.29 is 4.79 Å². The Morgan fingerprint density at radius 2 is 1.85 bits per heavy atom. The number of Topliss-reactive ketones (excluding diaryl/α,β-unsaturated/α-hetero) is 1. The number of carbonyl (C=O) groups is 1. The zero-order chi connectivity index (χ0) is 15.0. The van der Waals surface area contributed by atoms with Gasteiger partial charge in [0.15, 0.2) is 5.78 Å². The van der Waals surface area contributed by atoms with Gasteiger partial charge in [0, 0.05) is 27.1 Å². The SMILES string of the molecule is Cc1cc(Br)cc(-n2c(C)cc(C(=O)C(C)Cl)c2C)c1. The predicted molar refractivity (Wildman–Crippen MR) is 87.3 cm³/mol. The molecule has 0 N–H and O–H groups in total. The first-order chi connectivity index (χ1) is 9.31. The normalized spacial score (nSPS) is 12.5. The molecule has 2 aromatic rings. The maximum atomic E-state index is 12.1. The molecule has 1 unspecified atom stereocenters. The van der Waals surface area contributed by atoms with Gasteiger partial charge in [-0.1, -0.05) is 15.9 Å². The van der Waals surface area contributed by atoms with Crippen LogP contribution < -0.4 is 0 Å². The average molecular weight is 355 g/mol. The minimum Gasteiger partial charge on any atom is -0.318 e. The number of alkyl halides is 1. The highest BCUT2D eigenvalue weighted by atomic mass is 79.9. The predicted octanol–water partition coefficient (Wildman–Crippen LogP) is 4.98. The van der Waals surface area contributed by atoms with E-state index in [1.54, 1.807) is 6.92 Å². The average Bonchev–Trinajstić information content (AvgIpc) is 2.62. The second-order valence-electron chi connectivity index (χ2n) is 5.09. The molecule has 0 aliphatic heterocycles. The van der Waals surface area contributed by atoms with E-state index < -0.39 is 5.38 Å². The van der Waals surface area contributed by atoms with Gasteiger partial charge in [-0.15, -0.1) is 11.6 Å². The fourth-order valence-electron chi connectivity index (χ4n) is 2.47. The Bertz CT molecular complexity index is 653. The Kier molecular flexibility index (Phi) is 4.40. The third-order valence-corrected chi connectivity index (χ3v) is 4.00. The first-order valence-corrected chi connectivity index (χ1v) is 7.69. The highest BCUT2D eigenvalue weighted by Gasteiger charge is 2.20. The van der Waals surface area contributed by atoms with E-state index in [4.69, 9.17) is 11.6 Å². The van der Waals surface area contributed by atoms with Crippen LogP contribution in [-0.2, 0) is 0 Å². The molecule has 0 fully saturated rings. The maximum absolute atomic E-state index is 12.1. The minimum absolute atomic E-state index is 0.0299. The zero-order valence-electron chi connectivity index (χ0n) is 12.0. The van der Waals surface area contributed by atoms with E-state index in [1.807, 2.05) is 26.0 Å². The van der Waals surface area contributed by atoms with Crippen molar-refractivity contribution in [1.82, 2.24) is 4.57 Å². The highest BCUT2D eigenvalue weighted by molar-refractivity contribution is 9.10. The maximum Gasteiger partial charge on any atom is 0.182 e. The van der Waals surface area contributed by atoms with Crippen molar-refractivity contribution in [2.24, 2.45) is 0 Å². The number of halogens is 2. The molecule has 2 rings (SSSR count). The molecule has 0 bridgehead atoms. The van der Waals surface area contributed by atoms with Gasteiger partial charge in [-0.05, 0) is 57.5 Å².